The molecule has 0 aliphatic carbocycles. The summed E-state index contributed by atoms with van der Waals surface area (Å²) in [5.74, 6) is 1.29. The first-order chi connectivity index (χ1) is 9.54. The monoisotopic (exact) mass is 279 g/mol. The lowest BCUT2D eigenvalue weighted by atomic mass is 10.2. The first kappa shape index (κ1) is 14.5. The summed E-state index contributed by atoms with van der Waals surface area (Å²) in [4.78, 5) is 4.05. The third-order valence-corrected chi connectivity index (χ3v) is 2.65. The van der Waals surface area contributed by atoms with Gasteiger partial charge >= 0.3 is 0 Å². The molecule has 0 atom stereocenters. The highest BCUT2D eigenvalue weighted by Crippen LogP contribution is 2.20. The Hall–Kier alpha value is -1.95. The molecular weight excluding hydrogens is 261 g/mol. The Morgan fingerprint density at radius 1 is 1.40 bits per heavy atom. The molecule has 5 nitrogen and oxygen atoms in total. The highest BCUT2D eigenvalue weighted by Gasteiger charge is 2.09. The molecule has 1 aromatic carbocycles. The number of nitrogens with zero attached hydrogens (tertiary/aromatic N) is 2. The van der Waals surface area contributed by atoms with Crippen LogP contribution >= 0.6 is 0 Å². The lowest BCUT2D eigenvalue weighted by Crippen LogP contribution is -2.22. The zero-order valence-electron chi connectivity index (χ0n) is 11.8. The molecule has 108 valence electrons. The molecule has 0 aliphatic heterocycles. The number of hydrogen-bond acceptors (Lipinski definition) is 5. The van der Waals surface area contributed by atoms with Crippen LogP contribution in [-0.4, -0.2) is 16.2 Å². The van der Waals surface area contributed by atoms with E-state index in [9.17, 15) is 4.39 Å². The maximum absolute atomic E-state index is 13.3. The molecule has 20 heavy (non-hydrogen) atoms. The molecule has 2 rings (SSSR count). The van der Waals surface area contributed by atoms with Gasteiger partial charge in [-0.2, -0.15) is 4.98 Å². The fraction of sp³-hybridized carbons (Fsp3) is 0.429. The largest absolute Gasteiger partial charge is 0.485 e. The van der Waals surface area contributed by atoms with Gasteiger partial charge in [0.2, 0.25) is 11.7 Å². The Labute approximate surface area is 117 Å². The maximum atomic E-state index is 13.3. The molecular formula is C14H18FN3O2. The van der Waals surface area contributed by atoms with Crippen molar-refractivity contribution in [2.24, 2.45) is 0 Å². The molecule has 1 heterocycles. The molecule has 1 N–H and O–H groups in total. The predicted octanol–water partition coefficient (Wildman–Crippen LogP) is 2.59. The molecule has 6 heteroatoms. The van der Waals surface area contributed by atoms with Gasteiger partial charge in [0, 0.05) is 25.1 Å². The number of nitrogens with one attached hydrogen (secondary N) is 1. The van der Waals surface area contributed by atoms with Crippen LogP contribution in [-0.2, 0) is 13.2 Å². The summed E-state index contributed by atoms with van der Waals surface area (Å²) in [6, 6.07) is 4.76. The second-order valence-electron chi connectivity index (χ2n) is 4.81. The lowest BCUT2D eigenvalue weighted by molar-refractivity contribution is 0.281. The van der Waals surface area contributed by atoms with Crippen molar-refractivity contribution < 1.29 is 13.7 Å². The van der Waals surface area contributed by atoms with Crippen molar-refractivity contribution in [1.29, 1.82) is 0 Å². The number of ether oxygens (including phenoxy) is 1. The highest BCUT2D eigenvalue weighted by atomic mass is 19.1. The number of benzene rings is 1. The number of hydrogen-bond donors (Lipinski definition) is 1. The average Bonchev–Trinajstić information content (AvgIpc) is 2.81. The van der Waals surface area contributed by atoms with E-state index in [1.165, 1.54) is 12.1 Å². The van der Waals surface area contributed by atoms with E-state index in [-0.39, 0.29) is 12.4 Å². The van der Waals surface area contributed by atoms with Crippen LogP contribution in [0.1, 0.15) is 31.1 Å². The van der Waals surface area contributed by atoms with E-state index in [0.29, 0.717) is 30.1 Å². The van der Waals surface area contributed by atoms with E-state index in [0.717, 1.165) is 5.56 Å². The molecule has 0 amide bonds. The van der Waals surface area contributed by atoms with Gasteiger partial charge in [0.05, 0.1) is 0 Å². The summed E-state index contributed by atoms with van der Waals surface area (Å²) >= 11 is 0. The minimum Gasteiger partial charge on any atom is -0.485 e. The van der Waals surface area contributed by atoms with Gasteiger partial charge in [-0.3, -0.25) is 0 Å². The van der Waals surface area contributed by atoms with Gasteiger partial charge in [0.15, 0.2) is 6.61 Å². The van der Waals surface area contributed by atoms with Crippen molar-refractivity contribution in [3.63, 3.8) is 0 Å². The zero-order valence-corrected chi connectivity index (χ0v) is 11.8. The van der Waals surface area contributed by atoms with Crippen LogP contribution in [0.5, 0.6) is 5.75 Å². The number of halogens is 1. The van der Waals surface area contributed by atoms with Crippen LogP contribution in [0.3, 0.4) is 0 Å². The minimum atomic E-state index is -0.284. The molecule has 2 aromatic rings. The SMILES string of the molecule is Cc1nc(COc2ccc(F)cc2CNC(C)C)no1. The molecule has 0 saturated carbocycles. The molecule has 0 spiro atoms. The van der Waals surface area contributed by atoms with Crippen LogP contribution in [0.15, 0.2) is 22.7 Å². The first-order valence-electron chi connectivity index (χ1n) is 6.48. The highest BCUT2D eigenvalue weighted by molar-refractivity contribution is 5.34. The molecule has 0 unspecified atom stereocenters. The summed E-state index contributed by atoms with van der Waals surface area (Å²) < 4.78 is 23.8. The van der Waals surface area contributed by atoms with Crippen LogP contribution < -0.4 is 10.1 Å². The molecule has 0 radical (unpaired) electrons. The van der Waals surface area contributed by atoms with E-state index < -0.39 is 0 Å². The first-order valence-corrected chi connectivity index (χ1v) is 6.48. The van der Waals surface area contributed by atoms with Gasteiger partial charge in [-0.15, -0.1) is 0 Å². The zero-order chi connectivity index (χ0) is 14.5. The van der Waals surface area contributed by atoms with Crippen LogP contribution in [0, 0.1) is 12.7 Å². The van der Waals surface area contributed by atoms with Gasteiger partial charge in [0.25, 0.3) is 0 Å². The Morgan fingerprint density at radius 2 is 2.20 bits per heavy atom. The smallest absolute Gasteiger partial charge is 0.223 e. The molecule has 0 aliphatic rings. The topological polar surface area (TPSA) is 60.2 Å². The van der Waals surface area contributed by atoms with Crippen molar-refractivity contribution in [1.82, 2.24) is 15.5 Å². The number of aromatic nitrogens is 2. The summed E-state index contributed by atoms with van der Waals surface area (Å²) in [5, 5.41) is 6.99. The minimum absolute atomic E-state index is 0.192. The summed E-state index contributed by atoms with van der Waals surface area (Å²) in [6.07, 6.45) is 0. The van der Waals surface area contributed by atoms with E-state index in [4.69, 9.17) is 9.26 Å². The molecule has 0 saturated heterocycles. The van der Waals surface area contributed by atoms with Crippen molar-refractivity contribution in [3.8, 4) is 5.75 Å². The number of rotatable bonds is 6. The van der Waals surface area contributed by atoms with Gasteiger partial charge in [-0.1, -0.05) is 19.0 Å². The van der Waals surface area contributed by atoms with Crippen LogP contribution in [0.2, 0.25) is 0 Å². The standard InChI is InChI=1S/C14H18FN3O2/c1-9(2)16-7-11-6-12(15)4-5-13(11)19-8-14-17-10(3)20-18-14/h4-6,9,16H,7-8H2,1-3H3. The lowest BCUT2D eigenvalue weighted by Gasteiger charge is -2.13. The fourth-order valence-electron chi connectivity index (χ4n) is 1.68. The number of aryl methyl sites for hydroxylation is 1. The Kier molecular flexibility index (Phi) is 4.68. The third-order valence-electron chi connectivity index (χ3n) is 2.65. The Morgan fingerprint density at radius 3 is 2.85 bits per heavy atom. The normalized spacial score (nSPS) is 11.1. The van der Waals surface area contributed by atoms with Gasteiger partial charge in [-0.05, 0) is 18.2 Å². The third kappa shape index (κ3) is 4.03. The van der Waals surface area contributed by atoms with E-state index in [2.05, 4.69) is 15.5 Å². The molecule has 0 bridgehead atoms. The second-order valence-corrected chi connectivity index (χ2v) is 4.81. The van der Waals surface area contributed by atoms with E-state index in [1.807, 2.05) is 13.8 Å². The molecule has 0 fully saturated rings. The van der Waals surface area contributed by atoms with Crippen molar-refractivity contribution in [2.45, 2.75) is 40.0 Å². The van der Waals surface area contributed by atoms with E-state index in [1.54, 1.807) is 13.0 Å². The Bertz CT molecular complexity index is 569. The van der Waals surface area contributed by atoms with Crippen molar-refractivity contribution in [2.75, 3.05) is 0 Å². The van der Waals surface area contributed by atoms with Gasteiger partial charge in [-0.25, -0.2) is 4.39 Å². The second kappa shape index (κ2) is 6.47. The van der Waals surface area contributed by atoms with Crippen LogP contribution in [0.25, 0.3) is 0 Å². The average molecular weight is 279 g/mol. The molecule has 1 aromatic heterocycles. The van der Waals surface area contributed by atoms with Gasteiger partial charge < -0.3 is 14.6 Å². The fourth-order valence-corrected chi connectivity index (χ4v) is 1.68. The summed E-state index contributed by atoms with van der Waals surface area (Å²) in [6.45, 7) is 6.50. The van der Waals surface area contributed by atoms with Crippen molar-refractivity contribution in [3.05, 3.63) is 41.3 Å². The van der Waals surface area contributed by atoms with Gasteiger partial charge in [0.1, 0.15) is 11.6 Å². The maximum Gasteiger partial charge on any atom is 0.223 e. The van der Waals surface area contributed by atoms with Crippen LogP contribution in [0.4, 0.5) is 4.39 Å². The quantitative estimate of drug-likeness (QED) is 0.880. The van der Waals surface area contributed by atoms with E-state index >= 15 is 0 Å². The Balaban J connectivity index is 2.05. The summed E-state index contributed by atoms with van der Waals surface area (Å²) in [5.41, 5.74) is 0.763. The summed E-state index contributed by atoms with van der Waals surface area (Å²) in [7, 11) is 0. The predicted molar refractivity (Wildman–Crippen MR) is 71.7 cm³/mol. The van der Waals surface area contributed by atoms with Crippen molar-refractivity contribution >= 4 is 0 Å².